The molecule has 0 spiro atoms. The van der Waals surface area contributed by atoms with Gasteiger partial charge in [0.05, 0.1) is 5.60 Å². The van der Waals surface area contributed by atoms with Gasteiger partial charge >= 0.3 is 0 Å². The van der Waals surface area contributed by atoms with Crippen LogP contribution in [-0.2, 0) is 0 Å². The fourth-order valence-corrected chi connectivity index (χ4v) is 1.79. The van der Waals surface area contributed by atoms with Crippen molar-refractivity contribution in [2.24, 2.45) is 0 Å². The summed E-state index contributed by atoms with van der Waals surface area (Å²) in [6.45, 7) is 5.84. The van der Waals surface area contributed by atoms with E-state index in [1.807, 2.05) is 6.08 Å². The van der Waals surface area contributed by atoms with Crippen molar-refractivity contribution in [2.75, 3.05) is 0 Å². The number of hydrogen-bond donors (Lipinski definition) is 1. The molecule has 0 radical (unpaired) electrons. The molecule has 0 fully saturated rings. The minimum atomic E-state index is -0.664. The van der Waals surface area contributed by atoms with Gasteiger partial charge in [0.1, 0.15) is 0 Å². The third kappa shape index (κ3) is 3.51. The van der Waals surface area contributed by atoms with Crippen molar-refractivity contribution in [2.45, 2.75) is 44.6 Å². The first-order valence-electron chi connectivity index (χ1n) is 5.33. The van der Waals surface area contributed by atoms with E-state index in [1.165, 1.54) is 5.57 Å². The maximum absolute atomic E-state index is 10.2. The molecule has 0 saturated carbocycles. The van der Waals surface area contributed by atoms with Crippen molar-refractivity contribution in [3.05, 3.63) is 36.5 Å². The third-order valence-electron chi connectivity index (χ3n) is 2.70. The van der Waals surface area contributed by atoms with Crippen LogP contribution in [0.1, 0.15) is 39.0 Å². The van der Waals surface area contributed by atoms with Gasteiger partial charge in [-0.05, 0) is 39.0 Å². The third-order valence-corrected chi connectivity index (χ3v) is 2.70. The Morgan fingerprint density at radius 3 is 3.07 bits per heavy atom. The van der Waals surface area contributed by atoms with Crippen LogP contribution < -0.4 is 0 Å². The molecule has 0 amide bonds. The van der Waals surface area contributed by atoms with Crippen molar-refractivity contribution < 1.29 is 5.11 Å². The highest BCUT2D eigenvalue weighted by Gasteiger charge is 2.20. The molecule has 1 nitrogen and oxygen atoms in total. The van der Waals surface area contributed by atoms with Crippen LogP contribution in [-0.4, -0.2) is 10.7 Å². The van der Waals surface area contributed by atoms with E-state index >= 15 is 0 Å². The Balaban J connectivity index is 2.69. The second-order valence-corrected chi connectivity index (χ2v) is 4.13. The largest absolute Gasteiger partial charge is 0.385 e. The molecule has 1 rings (SSSR count). The Bertz CT molecular complexity index is 250. The van der Waals surface area contributed by atoms with Gasteiger partial charge in [0.25, 0.3) is 0 Å². The number of hydrogen-bond acceptors (Lipinski definition) is 1. The van der Waals surface area contributed by atoms with Crippen molar-refractivity contribution in [3.8, 4) is 0 Å². The molecule has 1 N–H and O–H groups in total. The molecule has 1 atom stereocenters. The molecule has 0 aliphatic heterocycles. The first kappa shape index (κ1) is 11.3. The van der Waals surface area contributed by atoms with Crippen molar-refractivity contribution in [1.82, 2.24) is 0 Å². The molecular weight excluding hydrogens is 172 g/mol. The molecule has 0 heterocycles. The van der Waals surface area contributed by atoms with Crippen molar-refractivity contribution in [3.63, 3.8) is 0 Å². The molecule has 0 aromatic rings. The summed E-state index contributed by atoms with van der Waals surface area (Å²) in [6, 6.07) is 0. The Kier molecular flexibility index (Phi) is 4.15. The second kappa shape index (κ2) is 5.16. The summed E-state index contributed by atoms with van der Waals surface area (Å²) in [7, 11) is 0. The predicted molar refractivity (Wildman–Crippen MR) is 61.1 cm³/mol. The average Bonchev–Trinajstić information content (AvgIpc) is 2.19. The Hall–Kier alpha value is -0.820. The zero-order chi connectivity index (χ0) is 10.4. The van der Waals surface area contributed by atoms with Crippen molar-refractivity contribution >= 4 is 0 Å². The molecule has 0 bridgehead atoms. The predicted octanol–water partition coefficient (Wildman–Crippen LogP) is 3.37. The van der Waals surface area contributed by atoms with E-state index in [1.54, 1.807) is 6.08 Å². The van der Waals surface area contributed by atoms with Gasteiger partial charge in [-0.1, -0.05) is 29.9 Å². The highest BCUT2D eigenvalue weighted by molar-refractivity contribution is 5.09. The van der Waals surface area contributed by atoms with E-state index in [-0.39, 0.29) is 0 Å². The first-order chi connectivity index (χ1) is 6.66. The maximum atomic E-state index is 10.2. The number of rotatable bonds is 2. The molecule has 0 aromatic carbocycles. The normalized spacial score (nSPS) is 34.6. The zero-order valence-electron chi connectivity index (χ0n) is 9.00. The van der Waals surface area contributed by atoms with Crippen LogP contribution in [0.4, 0.5) is 0 Å². The van der Waals surface area contributed by atoms with E-state index < -0.39 is 5.60 Å². The lowest BCUT2D eigenvalue weighted by atomic mass is 9.93. The fraction of sp³-hybridized carbons (Fsp3) is 0.538. The molecule has 1 heteroatoms. The van der Waals surface area contributed by atoms with Gasteiger partial charge < -0.3 is 5.11 Å². The van der Waals surface area contributed by atoms with Gasteiger partial charge in [0.15, 0.2) is 0 Å². The molecule has 78 valence electrons. The molecule has 0 aromatic heterocycles. The van der Waals surface area contributed by atoms with Gasteiger partial charge in [-0.2, -0.15) is 0 Å². The van der Waals surface area contributed by atoms with Gasteiger partial charge in [-0.15, -0.1) is 6.58 Å². The van der Waals surface area contributed by atoms with Crippen LogP contribution in [0.2, 0.25) is 0 Å². The Morgan fingerprint density at radius 2 is 2.36 bits per heavy atom. The van der Waals surface area contributed by atoms with Crippen molar-refractivity contribution in [1.29, 1.82) is 0 Å². The SMILES string of the molecule is C=CC[C@]1(O)/C=C\CC/C(C)=C/CC1. The van der Waals surface area contributed by atoms with Gasteiger partial charge in [0.2, 0.25) is 0 Å². The Morgan fingerprint density at radius 1 is 1.57 bits per heavy atom. The molecule has 0 saturated heterocycles. The lowest BCUT2D eigenvalue weighted by Gasteiger charge is -2.22. The van der Waals surface area contributed by atoms with E-state index in [0.29, 0.717) is 6.42 Å². The van der Waals surface area contributed by atoms with E-state index in [4.69, 9.17) is 0 Å². The van der Waals surface area contributed by atoms with Crippen LogP contribution in [0.3, 0.4) is 0 Å². The topological polar surface area (TPSA) is 20.2 Å². The van der Waals surface area contributed by atoms with E-state index in [9.17, 15) is 5.11 Å². The highest BCUT2D eigenvalue weighted by atomic mass is 16.3. The van der Waals surface area contributed by atoms with Crippen LogP contribution in [0.25, 0.3) is 0 Å². The number of allylic oxidation sites excluding steroid dienone is 3. The lowest BCUT2D eigenvalue weighted by Crippen LogP contribution is -2.24. The first-order valence-corrected chi connectivity index (χ1v) is 5.33. The molecule has 1 aliphatic carbocycles. The molecular formula is C13H20O. The van der Waals surface area contributed by atoms with Gasteiger partial charge in [-0.3, -0.25) is 0 Å². The summed E-state index contributed by atoms with van der Waals surface area (Å²) in [6.07, 6.45) is 12.6. The molecule has 0 unspecified atom stereocenters. The highest BCUT2D eigenvalue weighted by Crippen LogP contribution is 2.23. The summed E-state index contributed by atoms with van der Waals surface area (Å²) < 4.78 is 0. The monoisotopic (exact) mass is 192 g/mol. The van der Waals surface area contributed by atoms with E-state index in [0.717, 1.165) is 25.7 Å². The quantitative estimate of drug-likeness (QED) is 0.665. The molecule has 1 aliphatic rings. The summed E-state index contributed by atoms with van der Waals surface area (Å²) in [4.78, 5) is 0. The maximum Gasteiger partial charge on any atom is 0.0864 e. The average molecular weight is 192 g/mol. The van der Waals surface area contributed by atoms with Crippen LogP contribution in [0.15, 0.2) is 36.5 Å². The number of aliphatic hydroxyl groups is 1. The van der Waals surface area contributed by atoms with Crippen LogP contribution >= 0.6 is 0 Å². The van der Waals surface area contributed by atoms with Gasteiger partial charge in [-0.25, -0.2) is 0 Å². The standard InChI is InChI=1S/C13H20O/c1-3-9-13(14)10-5-4-7-12(2)8-6-11-13/h3,5,8,10,14H,1,4,6-7,9,11H2,2H3/b10-5-,12-8+/t13-/m0/s1. The van der Waals surface area contributed by atoms with E-state index in [2.05, 4.69) is 25.7 Å². The summed E-state index contributed by atoms with van der Waals surface area (Å²) in [5, 5.41) is 10.2. The summed E-state index contributed by atoms with van der Waals surface area (Å²) in [5.74, 6) is 0. The smallest absolute Gasteiger partial charge is 0.0864 e. The lowest BCUT2D eigenvalue weighted by molar-refractivity contribution is 0.0857. The minimum absolute atomic E-state index is 0.649. The second-order valence-electron chi connectivity index (χ2n) is 4.13. The van der Waals surface area contributed by atoms with Crippen LogP contribution in [0, 0.1) is 0 Å². The van der Waals surface area contributed by atoms with Crippen LogP contribution in [0.5, 0.6) is 0 Å². The zero-order valence-corrected chi connectivity index (χ0v) is 9.00. The van der Waals surface area contributed by atoms with Gasteiger partial charge in [0, 0.05) is 0 Å². The fourth-order valence-electron chi connectivity index (χ4n) is 1.79. The summed E-state index contributed by atoms with van der Waals surface area (Å²) in [5.41, 5.74) is 0.764. The Labute approximate surface area is 86.8 Å². The molecule has 14 heavy (non-hydrogen) atoms. The summed E-state index contributed by atoms with van der Waals surface area (Å²) >= 11 is 0. The minimum Gasteiger partial charge on any atom is -0.385 e.